The Morgan fingerprint density at radius 1 is 1.29 bits per heavy atom. The molecule has 34 heavy (non-hydrogen) atoms. The quantitative estimate of drug-likeness (QED) is 0.467. The summed E-state index contributed by atoms with van der Waals surface area (Å²) >= 11 is 6.26. The molecule has 0 amide bonds. The summed E-state index contributed by atoms with van der Waals surface area (Å²) in [5, 5.41) is 20.6. The van der Waals surface area contributed by atoms with E-state index in [4.69, 9.17) is 20.9 Å². The van der Waals surface area contributed by atoms with Gasteiger partial charge in [0.1, 0.15) is 17.8 Å². The number of benzene rings is 1. The van der Waals surface area contributed by atoms with Gasteiger partial charge in [-0.05, 0) is 54.0 Å². The van der Waals surface area contributed by atoms with Crippen molar-refractivity contribution in [1.82, 2.24) is 14.5 Å². The third kappa shape index (κ3) is 4.40. The zero-order chi connectivity index (χ0) is 24.3. The Labute approximate surface area is 203 Å². The number of rotatable bonds is 6. The fourth-order valence-electron chi connectivity index (χ4n) is 5.49. The van der Waals surface area contributed by atoms with Crippen LogP contribution < -0.4 is 10.5 Å². The largest absolute Gasteiger partial charge is 0.393 e. The Morgan fingerprint density at radius 2 is 2.09 bits per heavy atom. The molecule has 1 saturated carbocycles. The Hall–Kier alpha value is -2.24. The summed E-state index contributed by atoms with van der Waals surface area (Å²) in [7, 11) is -4.04. The smallest absolute Gasteiger partial charge is 0.333 e. The number of aliphatic hydroxyl groups excluding tert-OH is 1. The van der Waals surface area contributed by atoms with Gasteiger partial charge in [-0.3, -0.25) is 4.18 Å². The molecule has 0 unspecified atom stereocenters. The standard InChI is InChI=1S/C23H28ClN5O4S/c1-23(2)10-19(16-4-3-14(24)8-18(16)23)28-21-17-5-6-29(22(17)27-12-26-21)15-7-13(20(30)9-15)11-33-34(25,31)32/h3-6,8,12-13,15,19-20,30H,7,9-11H2,1-2H3,(H2,25,31,32)(H,26,27,28)/t13-,15+,19-,20-/m0/s1. The van der Waals surface area contributed by atoms with E-state index in [9.17, 15) is 13.5 Å². The van der Waals surface area contributed by atoms with Crippen LogP contribution in [0.1, 0.15) is 56.3 Å². The molecule has 0 aliphatic heterocycles. The van der Waals surface area contributed by atoms with Gasteiger partial charge >= 0.3 is 10.3 Å². The highest BCUT2D eigenvalue weighted by molar-refractivity contribution is 7.84. The van der Waals surface area contributed by atoms with Crippen LogP contribution in [0.2, 0.25) is 5.02 Å². The molecule has 0 saturated heterocycles. The SMILES string of the molecule is CC1(C)C[C@H](Nc2ncnc3c2ccn3[C@@H]2C[C@@H](COS(N)(=O)=O)[C@@H](O)C2)c2ccc(Cl)cc21. The number of hydrogen-bond donors (Lipinski definition) is 3. The highest BCUT2D eigenvalue weighted by Crippen LogP contribution is 2.47. The molecular weight excluding hydrogens is 478 g/mol. The molecule has 9 nitrogen and oxygen atoms in total. The third-order valence-electron chi connectivity index (χ3n) is 7.13. The number of nitrogens with one attached hydrogen (secondary N) is 1. The summed E-state index contributed by atoms with van der Waals surface area (Å²) in [5.74, 6) is 0.421. The number of hydrogen-bond acceptors (Lipinski definition) is 7. The molecule has 0 spiro atoms. The molecule has 2 aromatic heterocycles. The Balaban J connectivity index is 1.39. The van der Waals surface area contributed by atoms with Gasteiger partial charge in [-0.1, -0.05) is 31.5 Å². The maximum atomic E-state index is 11.1. The van der Waals surface area contributed by atoms with Crippen molar-refractivity contribution in [3.05, 3.63) is 52.9 Å². The van der Waals surface area contributed by atoms with E-state index < -0.39 is 16.4 Å². The summed E-state index contributed by atoms with van der Waals surface area (Å²) < 4.78 is 29.0. The van der Waals surface area contributed by atoms with Gasteiger partial charge in [-0.25, -0.2) is 15.1 Å². The van der Waals surface area contributed by atoms with Crippen molar-refractivity contribution in [1.29, 1.82) is 0 Å². The van der Waals surface area contributed by atoms with E-state index >= 15 is 0 Å². The number of aromatic nitrogens is 3. The van der Waals surface area contributed by atoms with E-state index in [0.717, 1.165) is 28.3 Å². The topological polar surface area (TPSA) is 132 Å². The normalized spacial score (nSPS) is 26.1. The fourth-order valence-corrected chi connectivity index (χ4v) is 6.02. The number of aliphatic hydroxyl groups is 1. The Bertz CT molecular complexity index is 1340. The van der Waals surface area contributed by atoms with Gasteiger partial charge in [-0.15, -0.1) is 0 Å². The van der Waals surface area contributed by atoms with Crippen LogP contribution in [0, 0.1) is 5.92 Å². The second-order valence-corrected chi connectivity index (χ2v) is 11.6. The Morgan fingerprint density at radius 3 is 2.85 bits per heavy atom. The minimum Gasteiger partial charge on any atom is -0.393 e. The van der Waals surface area contributed by atoms with E-state index in [-0.39, 0.29) is 30.0 Å². The third-order valence-corrected chi connectivity index (χ3v) is 7.83. The lowest BCUT2D eigenvalue weighted by Crippen LogP contribution is -2.24. The van der Waals surface area contributed by atoms with Gasteiger partial charge in [0, 0.05) is 23.2 Å². The lowest BCUT2D eigenvalue weighted by atomic mass is 9.86. The predicted octanol–water partition coefficient (Wildman–Crippen LogP) is 3.45. The summed E-state index contributed by atoms with van der Waals surface area (Å²) in [6, 6.07) is 8.07. The van der Waals surface area contributed by atoms with Crippen molar-refractivity contribution in [3.63, 3.8) is 0 Å². The van der Waals surface area contributed by atoms with Crippen LogP contribution >= 0.6 is 11.6 Å². The van der Waals surface area contributed by atoms with Gasteiger partial charge in [0.15, 0.2) is 0 Å². The number of nitrogens with two attached hydrogens (primary N) is 1. The summed E-state index contributed by atoms with van der Waals surface area (Å²) in [5.41, 5.74) is 3.21. The van der Waals surface area contributed by atoms with E-state index in [1.54, 1.807) is 0 Å². The highest BCUT2D eigenvalue weighted by Gasteiger charge is 2.38. The van der Waals surface area contributed by atoms with E-state index in [1.165, 1.54) is 17.5 Å². The fraction of sp³-hybridized carbons (Fsp3) is 0.478. The van der Waals surface area contributed by atoms with Crippen LogP contribution in [0.3, 0.4) is 0 Å². The molecule has 1 fully saturated rings. The lowest BCUT2D eigenvalue weighted by Gasteiger charge is -2.20. The van der Waals surface area contributed by atoms with Crippen LogP contribution in [0.5, 0.6) is 0 Å². The van der Waals surface area contributed by atoms with E-state index in [0.29, 0.717) is 12.8 Å². The van der Waals surface area contributed by atoms with E-state index in [2.05, 4.69) is 35.2 Å². The number of fused-ring (bicyclic) bond motifs is 2. The summed E-state index contributed by atoms with van der Waals surface area (Å²) in [4.78, 5) is 9.03. The average Bonchev–Trinajstić information content (AvgIpc) is 3.41. The van der Waals surface area contributed by atoms with Crippen molar-refractivity contribution >= 4 is 38.8 Å². The number of anilines is 1. The maximum absolute atomic E-state index is 11.1. The Kier molecular flexibility index (Phi) is 5.84. The number of halogens is 1. The molecule has 2 aliphatic carbocycles. The van der Waals surface area contributed by atoms with Gasteiger partial charge in [0.2, 0.25) is 0 Å². The minimum atomic E-state index is -4.04. The van der Waals surface area contributed by atoms with Crippen LogP contribution in [0.25, 0.3) is 11.0 Å². The average molecular weight is 506 g/mol. The van der Waals surface area contributed by atoms with Gasteiger partial charge in [0.25, 0.3) is 0 Å². The van der Waals surface area contributed by atoms with Crippen molar-refractivity contribution < 1.29 is 17.7 Å². The van der Waals surface area contributed by atoms with Crippen molar-refractivity contribution in [2.75, 3.05) is 11.9 Å². The molecule has 182 valence electrons. The molecule has 11 heteroatoms. The van der Waals surface area contributed by atoms with Gasteiger partial charge in [0.05, 0.1) is 24.1 Å². The molecule has 2 heterocycles. The van der Waals surface area contributed by atoms with Crippen molar-refractivity contribution in [2.45, 2.75) is 56.7 Å². The molecule has 5 rings (SSSR count). The second kappa shape index (κ2) is 8.46. The van der Waals surface area contributed by atoms with Crippen LogP contribution in [0.4, 0.5) is 5.82 Å². The molecule has 2 aliphatic rings. The first kappa shape index (κ1) is 23.5. The van der Waals surface area contributed by atoms with Gasteiger partial charge < -0.3 is 15.0 Å². The predicted molar refractivity (Wildman–Crippen MR) is 130 cm³/mol. The van der Waals surface area contributed by atoms with Crippen molar-refractivity contribution in [3.8, 4) is 0 Å². The number of nitrogens with zero attached hydrogens (tertiary/aromatic N) is 3. The first-order chi connectivity index (χ1) is 16.0. The molecule has 3 aromatic rings. The minimum absolute atomic E-state index is 0.00987. The summed E-state index contributed by atoms with van der Waals surface area (Å²) in [6.45, 7) is 4.30. The van der Waals surface area contributed by atoms with Crippen LogP contribution in [0.15, 0.2) is 36.8 Å². The van der Waals surface area contributed by atoms with Gasteiger partial charge in [-0.2, -0.15) is 8.42 Å². The molecule has 1 aromatic carbocycles. The zero-order valence-electron chi connectivity index (χ0n) is 19.0. The molecule has 0 radical (unpaired) electrons. The summed E-state index contributed by atoms with van der Waals surface area (Å²) in [6.07, 6.45) is 4.73. The monoisotopic (exact) mass is 505 g/mol. The molecule has 0 bridgehead atoms. The maximum Gasteiger partial charge on any atom is 0.333 e. The highest BCUT2D eigenvalue weighted by atomic mass is 35.5. The second-order valence-electron chi connectivity index (χ2n) is 9.93. The van der Waals surface area contributed by atoms with E-state index in [1.807, 2.05) is 29.0 Å². The first-order valence-electron chi connectivity index (χ1n) is 11.2. The molecular formula is C23H28ClN5O4S. The molecule has 4 atom stereocenters. The zero-order valence-corrected chi connectivity index (χ0v) is 20.6. The lowest BCUT2D eigenvalue weighted by molar-refractivity contribution is 0.100. The molecule has 4 N–H and O–H groups in total. The first-order valence-corrected chi connectivity index (χ1v) is 13.1. The van der Waals surface area contributed by atoms with Crippen LogP contribution in [-0.4, -0.2) is 40.8 Å². The van der Waals surface area contributed by atoms with Crippen molar-refractivity contribution in [2.24, 2.45) is 11.1 Å². The van der Waals surface area contributed by atoms with Crippen LogP contribution in [-0.2, 0) is 19.9 Å².